The molecule has 1 unspecified atom stereocenters. The van der Waals surface area contributed by atoms with Crippen molar-refractivity contribution in [3.8, 4) is 17.2 Å². The van der Waals surface area contributed by atoms with Gasteiger partial charge in [-0.05, 0) is 24.3 Å². The lowest BCUT2D eigenvalue weighted by Gasteiger charge is -2.22. The van der Waals surface area contributed by atoms with Crippen LogP contribution in [0.4, 0.5) is 0 Å². The lowest BCUT2D eigenvalue weighted by atomic mass is 10.1. The summed E-state index contributed by atoms with van der Waals surface area (Å²) in [6.07, 6.45) is -0.710. The number of benzene rings is 3. The van der Waals surface area contributed by atoms with Crippen LogP contribution in [0.1, 0.15) is 11.7 Å². The molecular formula is C22H21NO3. The first-order valence-corrected chi connectivity index (χ1v) is 8.39. The Morgan fingerprint density at radius 3 is 2.00 bits per heavy atom. The van der Waals surface area contributed by atoms with Crippen molar-refractivity contribution < 1.29 is 14.3 Å². The molecule has 0 N–H and O–H groups in total. The van der Waals surface area contributed by atoms with Crippen molar-refractivity contribution in [3.05, 3.63) is 90.5 Å². The van der Waals surface area contributed by atoms with E-state index in [1.807, 2.05) is 78.9 Å². The van der Waals surface area contributed by atoms with Crippen molar-refractivity contribution in [2.45, 2.75) is 6.10 Å². The lowest BCUT2D eigenvalue weighted by Crippen LogP contribution is -2.31. The molecule has 0 heterocycles. The van der Waals surface area contributed by atoms with Gasteiger partial charge in [0.05, 0.1) is 0 Å². The molecule has 0 saturated heterocycles. The van der Waals surface area contributed by atoms with Crippen LogP contribution in [0.2, 0.25) is 0 Å². The Kier molecular flexibility index (Phi) is 5.54. The highest BCUT2D eigenvalue weighted by molar-refractivity contribution is 5.82. The van der Waals surface area contributed by atoms with E-state index in [0.29, 0.717) is 11.5 Å². The van der Waals surface area contributed by atoms with E-state index < -0.39 is 6.10 Å². The number of likely N-dealkylation sites (N-methyl/N-ethyl adjacent to an activating group) is 1. The zero-order chi connectivity index (χ0) is 18.4. The number of para-hydroxylation sites is 1. The van der Waals surface area contributed by atoms with Crippen molar-refractivity contribution in [1.82, 2.24) is 4.90 Å². The molecule has 132 valence electrons. The van der Waals surface area contributed by atoms with Gasteiger partial charge < -0.3 is 14.4 Å². The highest BCUT2D eigenvalue weighted by atomic mass is 16.5. The standard InChI is InChI=1S/C22H21NO3/c1-23(2)22(24)21(17-10-5-3-6-11-17)26-20-15-9-14-19(16-20)25-18-12-7-4-8-13-18/h3-16,21H,1-2H3. The zero-order valence-corrected chi connectivity index (χ0v) is 14.8. The summed E-state index contributed by atoms with van der Waals surface area (Å²) in [5.74, 6) is 1.85. The van der Waals surface area contributed by atoms with Gasteiger partial charge in [0.15, 0.2) is 0 Å². The zero-order valence-electron chi connectivity index (χ0n) is 14.8. The smallest absolute Gasteiger partial charge is 0.267 e. The van der Waals surface area contributed by atoms with E-state index in [4.69, 9.17) is 9.47 Å². The molecule has 0 radical (unpaired) electrons. The Labute approximate surface area is 153 Å². The molecule has 0 fully saturated rings. The highest BCUT2D eigenvalue weighted by Gasteiger charge is 2.24. The number of carbonyl (C=O) groups is 1. The Balaban J connectivity index is 1.83. The molecular weight excluding hydrogens is 326 g/mol. The first-order valence-electron chi connectivity index (χ1n) is 8.39. The van der Waals surface area contributed by atoms with Crippen molar-refractivity contribution >= 4 is 5.91 Å². The largest absolute Gasteiger partial charge is 0.476 e. The molecule has 4 heteroatoms. The molecule has 3 aromatic rings. The fourth-order valence-electron chi connectivity index (χ4n) is 2.50. The molecule has 0 aliphatic heterocycles. The predicted octanol–water partition coefficient (Wildman–Crippen LogP) is 4.69. The van der Waals surface area contributed by atoms with E-state index in [1.54, 1.807) is 20.2 Å². The van der Waals surface area contributed by atoms with Crippen LogP contribution in [0, 0.1) is 0 Å². The van der Waals surface area contributed by atoms with Crippen molar-refractivity contribution in [3.63, 3.8) is 0 Å². The molecule has 3 aromatic carbocycles. The summed E-state index contributed by atoms with van der Waals surface area (Å²) in [5, 5.41) is 0. The first kappa shape index (κ1) is 17.5. The van der Waals surface area contributed by atoms with Crippen LogP contribution in [-0.2, 0) is 4.79 Å². The third-order valence-corrected chi connectivity index (χ3v) is 3.81. The van der Waals surface area contributed by atoms with Crippen LogP contribution < -0.4 is 9.47 Å². The van der Waals surface area contributed by atoms with Gasteiger partial charge in [-0.2, -0.15) is 0 Å². The van der Waals surface area contributed by atoms with Gasteiger partial charge in [-0.3, -0.25) is 4.79 Å². The maximum absolute atomic E-state index is 12.6. The summed E-state index contributed by atoms with van der Waals surface area (Å²) >= 11 is 0. The van der Waals surface area contributed by atoms with Crippen molar-refractivity contribution in [2.75, 3.05) is 14.1 Å². The average Bonchev–Trinajstić information content (AvgIpc) is 2.67. The van der Waals surface area contributed by atoms with Crippen molar-refractivity contribution in [2.24, 2.45) is 0 Å². The number of ether oxygens (including phenoxy) is 2. The third-order valence-electron chi connectivity index (χ3n) is 3.81. The van der Waals surface area contributed by atoms with Crippen LogP contribution in [0.25, 0.3) is 0 Å². The van der Waals surface area contributed by atoms with Gasteiger partial charge in [-0.25, -0.2) is 0 Å². The fourth-order valence-corrected chi connectivity index (χ4v) is 2.50. The highest BCUT2D eigenvalue weighted by Crippen LogP contribution is 2.29. The summed E-state index contributed by atoms with van der Waals surface area (Å²) in [4.78, 5) is 14.1. The second-order valence-electron chi connectivity index (χ2n) is 6.03. The Bertz CT molecular complexity index is 848. The summed E-state index contributed by atoms with van der Waals surface area (Å²) in [7, 11) is 3.44. The number of amides is 1. The second kappa shape index (κ2) is 8.21. The van der Waals surface area contributed by atoms with Gasteiger partial charge >= 0.3 is 0 Å². The lowest BCUT2D eigenvalue weighted by molar-refractivity contribution is -0.136. The molecule has 4 nitrogen and oxygen atoms in total. The van der Waals surface area contributed by atoms with Crippen molar-refractivity contribution in [1.29, 1.82) is 0 Å². The molecule has 1 atom stereocenters. The van der Waals surface area contributed by atoms with E-state index in [1.165, 1.54) is 4.90 Å². The number of hydrogen-bond donors (Lipinski definition) is 0. The van der Waals surface area contributed by atoms with E-state index in [9.17, 15) is 4.79 Å². The Hall–Kier alpha value is -3.27. The Morgan fingerprint density at radius 2 is 1.35 bits per heavy atom. The quantitative estimate of drug-likeness (QED) is 0.649. The predicted molar refractivity (Wildman–Crippen MR) is 101 cm³/mol. The van der Waals surface area contributed by atoms with Gasteiger partial charge in [-0.1, -0.05) is 54.6 Å². The molecule has 0 saturated carbocycles. The molecule has 0 bridgehead atoms. The monoisotopic (exact) mass is 347 g/mol. The molecule has 3 rings (SSSR count). The van der Waals surface area contributed by atoms with Crippen LogP contribution >= 0.6 is 0 Å². The van der Waals surface area contributed by atoms with Gasteiger partial charge in [0.1, 0.15) is 17.2 Å². The minimum atomic E-state index is -0.710. The minimum Gasteiger partial charge on any atom is -0.476 e. The normalized spacial score (nSPS) is 11.5. The molecule has 1 amide bonds. The average molecular weight is 347 g/mol. The van der Waals surface area contributed by atoms with Gasteiger partial charge in [-0.15, -0.1) is 0 Å². The van der Waals surface area contributed by atoms with E-state index in [2.05, 4.69) is 0 Å². The molecule has 0 aliphatic carbocycles. The summed E-state index contributed by atoms with van der Waals surface area (Å²) in [6, 6.07) is 26.3. The first-order chi connectivity index (χ1) is 12.6. The van der Waals surface area contributed by atoms with Crippen LogP contribution in [0.3, 0.4) is 0 Å². The number of hydrogen-bond acceptors (Lipinski definition) is 3. The Morgan fingerprint density at radius 1 is 0.769 bits per heavy atom. The maximum atomic E-state index is 12.6. The number of carbonyl (C=O) groups excluding carboxylic acids is 1. The summed E-state index contributed by atoms with van der Waals surface area (Å²) in [6.45, 7) is 0. The van der Waals surface area contributed by atoms with E-state index in [-0.39, 0.29) is 5.91 Å². The molecule has 0 spiro atoms. The van der Waals surface area contributed by atoms with Gasteiger partial charge in [0.2, 0.25) is 6.10 Å². The number of nitrogens with zero attached hydrogens (tertiary/aromatic N) is 1. The van der Waals surface area contributed by atoms with E-state index >= 15 is 0 Å². The molecule has 26 heavy (non-hydrogen) atoms. The van der Waals surface area contributed by atoms with Gasteiger partial charge in [0.25, 0.3) is 5.91 Å². The third kappa shape index (κ3) is 4.42. The molecule has 0 aliphatic rings. The van der Waals surface area contributed by atoms with E-state index in [0.717, 1.165) is 11.3 Å². The second-order valence-corrected chi connectivity index (χ2v) is 6.03. The van der Waals surface area contributed by atoms with Gasteiger partial charge in [0, 0.05) is 25.7 Å². The van der Waals surface area contributed by atoms with Crippen LogP contribution in [0.5, 0.6) is 17.2 Å². The van der Waals surface area contributed by atoms with Crippen LogP contribution in [0.15, 0.2) is 84.9 Å². The minimum absolute atomic E-state index is 0.120. The maximum Gasteiger partial charge on any atom is 0.267 e. The fraction of sp³-hybridized carbons (Fsp3) is 0.136. The number of rotatable bonds is 6. The topological polar surface area (TPSA) is 38.8 Å². The SMILES string of the molecule is CN(C)C(=O)C(Oc1cccc(Oc2ccccc2)c1)c1ccccc1. The van der Waals surface area contributed by atoms with Crippen LogP contribution in [-0.4, -0.2) is 24.9 Å². The molecule has 0 aromatic heterocycles. The summed E-state index contributed by atoms with van der Waals surface area (Å²) in [5.41, 5.74) is 0.806. The summed E-state index contributed by atoms with van der Waals surface area (Å²) < 4.78 is 11.9.